The van der Waals surface area contributed by atoms with Crippen LogP contribution in [0.2, 0.25) is 10.0 Å². The first-order valence-corrected chi connectivity index (χ1v) is 18.6. The number of carbonyl (C=O) groups is 1. The number of nitrogens with zero attached hydrogens (tertiary/aromatic N) is 3. The molecular formula is C41H40Cl2N4O4S. The number of halogens is 2. The molecule has 2 heterocycles. The fourth-order valence-electron chi connectivity index (χ4n) is 6.34. The van der Waals surface area contributed by atoms with Crippen molar-refractivity contribution in [2.75, 3.05) is 30.4 Å². The Morgan fingerprint density at radius 1 is 0.962 bits per heavy atom. The van der Waals surface area contributed by atoms with Crippen molar-refractivity contribution in [3.63, 3.8) is 0 Å². The second-order valence-corrected chi connectivity index (χ2v) is 14.4. The second kappa shape index (κ2) is 15.8. The number of fused-ring (bicyclic) bond motifs is 1. The number of thiazole rings is 1. The summed E-state index contributed by atoms with van der Waals surface area (Å²) in [5.41, 5.74) is 6.72. The minimum absolute atomic E-state index is 0.246. The van der Waals surface area contributed by atoms with E-state index in [0.717, 1.165) is 46.6 Å². The molecule has 5 aromatic rings. The van der Waals surface area contributed by atoms with E-state index in [9.17, 15) is 9.59 Å². The van der Waals surface area contributed by atoms with E-state index < -0.39 is 6.04 Å². The Balaban J connectivity index is 1.46. The monoisotopic (exact) mass is 754 g/mol. The molecule has 11 heteroatoms. The zero-order chi connectivity index (χ0) is 37.1. The predicted octanol–water partition coefficient (Wildman–Crippen LogP) is 8.23. The molecule has 0 spiro atoms. The molecule has 0 bridgehead atoms. The van der Waals surface area contributed by atoms with Crippen molar-refractivity contribution < 1.29 is 14.3 Å². The van der Waals surface area contributed by atoms with Gasteiger partial charge in [0, 0.05) is 36.1 Å². The van der Waals surface area contributed by atoms with E-state index >= 15 is 0 Å². The number of amides is 1. The summed E-state index contributed by atoms with van der Waals surface area (Å²) in [5.74, 6) is 0.950. The highest BCUT2D eigenvalue weighted by Gasteiger charge is 2.33. The van der Waals surface area contributed by atoms with Crippen LogP contribution >= 0.6 is 34.5 Å². The highest BCUT2D eigenvalue weighted by Crippen LogP contribution is 2.33. The Morgan fingerprint density at radius 2 is 1.71 bits per heavy atom. The standard InChI is InChI=1S/C41H40Cl2N4O4S/c1-7-46(8-2)30-14-11-29(35(22-30)51-23-27-10-17-32(42)33(43)20-27)21-36-40(49)47-38(28-12-15-31(50-6)16-13-28)37(26(5)44-41(47)52-36)39(48)45-34-18-9-24(3)19-25(34)4/h9-22,38H,7-8,23H2,1-6H3,(H,45,48)/b36-21-/t38-/m1/s1. The number of hydrogen-bond donors (Lipinski definition) is 1. The van der Waals surface area contributed by atoms with Gasteiger partial charge in [0.15, 0.2) is 4.80 Å². The highest BCUT2D eigenvalue weighted by atomic mass is 35.5. The number of allylic oxidation sites excluding steroid dienone is 1. The third kappa shape index (κ3) is 7.67. The van der Waals surface area contributed by atoms with E-state index in [0.29, 0.717) is 47.8 Å². The van der Waals surface area contributed by atoms with E-state index in [1.807, 2.05) is 93.6 Å². The molecule has 0 saturated heterocycles. The lowest BCUT2D eigenvalue weighted by atomic mass is 9.95. The van der Waals surface area contributed by atoms with Crippen molar-refractivity contribution in [1.29, 1.82) is 0 Å². The Kier molecular flexibility index (Phi) is 11.2. The summed E-state index contributed by atoms with van der Waals surface area (Å²) < 4.78 is 13.9. The van der Waals surface area contributed by atoms with Crippen LogP contribution in [0.3, 0.4) is 0 Å². The zero-order valence-electron chi connectivity index (χ0n) is 29.9. The molecule has 1 aliphatic heterocycles. The van der Waals surface area contributed by atoms with E-state index in [-0.39, 0.29) is 18.1 Å². The predicted molar refractivity (Wildman–Crippen MR) is 212 cm³/mol. The molecule has 4 aromatic carbocycles. The summed E-state index contributed by atoms with van der Waals surface area (Å²) >= 11 is 13.7. The van der Waals surface area contributed by atoms with Gasteiger partial charge in [0.25, 0.3) is 11.5 Å². The van der Waals surface area contributed by atoms with Crippen LogP contribution < -0.4 is 34.6 Å². The molecule has 268 valence electrons. The number of carbonyl (C=O) groups excluding carboxylic acids is 1. The van der Waals surface area contributed by atoms with Crippen LogP contribution in [-0.4, -0.2) is 30.7 Å². The van der Waals surface area contributed by atoms with Gasteiger partial charge in [0.05, 0.1) is 39.0 Å². The topological polar surface area (TPSA) is 85.2 Å². The maximum Gasteiger partial charge on any atom is 0.271 e. The molecule has 52 heavy (non-hydrogen) atoms. The van der Waals surface area contributed by atoms with Crippen molar-refractivity contribution >= 4 is 57.9 Å². The number of hydrogen-bond acceptors (Lipinski definition) is 7. The smallest absolute Gasteiger partial charge is 0.271 e. The molecule has 0 radical (unpaired) electrons. The lowest BCUT2D eigenvalue weighted by Crippen LogP contribution is -2.40. The summed E-state index contributed by atoms with van der Waals surface area (Å²) in [7, 11) is 1.60. The zero-order valence-corrected chi connectivity index (χ0v) is 32.2. The highest BCUT2D eigenvalue weighted by molar-refractivity contribution is 7.07. The second-order valence-electron chi connectivity index (χ2n) is 12.6. The molecule has 1 N–H and O–H groups in total. The van der Waals surface area contributed by atoms with Gasteiger partial charge in [-0.3, -0.25) is 14.2 Å². The Hall–Kier alpha value is -4.83. The minimum Gasteiger partial charge on any atom is -0.497 e. The van der Waals surface area contributed by atoms with Gasteiger partial charge in [-0.2, -0.15) is 0 Å². The van der Waals surface area contributed by atoms with Crippen molar-refractivity contribution in [1.82, 2.24) is 4.57 Å². The van der Waals surface area contributed by atoms with Crippen LogP contribution in [0.4, 0.5) is 11.4 Å². The van der Waals surface area contributed by atoms with Crippen LogP contribution in [0.5, 0.6) is 11.5 Å². The average Bonchev–Trinajstić information content (AvgIpc) is 3.44. The summed E-state index contributed by atoms with van der Waals surface area (Å²) in [6, 6.07) is 23.9. The maximum absolute atomic E-state index is 14.5. The Morgan fingerprint density at radius 3 is 2.38 bits per heavy atom. The van der Waals surface area contributed by atoms with Crippen LogP contribution in [0.1, 0.15) is 54.6 Å². The van der Waals surface area contributed by atoms with Gasteiger partial charge >= 0.3 is 0 Å². The van der Waals surface area contributed by atoms with Gasteiger partial charge in [-0.05, 0) is 99.8 Å². The summed E-state index contributed by atoms with van der Waals surface area (Å²) in [5, 5.41) is 4.00. The van der Waals surface area contributed by atoms with E-state index in [2.05, 4.69) is 24.1 Å². The molecule has 8 nitrogen and oxygen atoms in total. The molecule has 1 atom stereocenters. The first-order chi connectivity index (χ1) is 25.0. The van der Waals surface area contributed by atoms with E-state index in [1.165, 1.54) is 11.3 Å². The number of aryl methyl sites for hydroxylation is 2. The summed E-state index contributed by atoms with van der Waals surface area (Å²) in [4.78, 5) is 36.2. The largest absolute Gasteiger partial charge is 0.497 e. The van der Waals surface area contributed by atoms with Gasteiger partial charge in [-0.15, -0.1) is 0 Å². The third-order valence-electron chi connectivity index (χ3n) is 9.12. The van der Waals surface area contributed by atoms with Crippen molar-refractivity contribution in [3.05, 3.63) is 148 Å². The third-order valence-corrected chi connectivity index (χ3v) is 10.8. The Labute approximate surface area is 317 Å². The van der Waals surface area contributed by atoms with Gasteiger partial charge in [0.1, 0.15) is 18.1 Å². The molecule has 0 aliphatic carbocycles. The quantitative estimate of drug-likeness (QED) is 0.147. The van der Waals surface area contributed by atoms with Gasteiger partial charge in [-0.25, -0.2) is 4.99 Å². The molecule has 1 aliphatic rings. The fraction of sp³-hybridized carbons (Fsp3) is 0.244. The van der Waals surface area contributed by atoms with Crippen LogP contribution in [-0.2, 0) is 11.4 Å². The summed E-state index contributed by atoms with van der Waals surface area (Å²) in [6.07, 6.45) is 1.83. The van der Waals surface area contributed by atoms with E-state index in [1.54, 1.807) is 23.8 Å². The van der Waals surface area contributed by atoms with Crippen molar-refractivity contribution in [2.45, 2.75) is 47.3 Å². The molecule has 0 unspecified atom stereocenters. The average molecular weight is 756 g/mol. The fourth-order valence-corrected chi connectivity index (χ4v) is 7.70. The van der Waals surface area contributed by atoms with Crippen molar-refractivity contribution in [2.24, 2.45) is 4.99 Å². The molecule has 1 amide bonds. The van der Waals surface area contributed by atoms with Gasteiger partial charge in [-0.1, -0.05) is 70.4 Å². The first kappa shape index (κ1) is 36.9. The number of ether oxygens (including phenoxy) is 2. The molecule has 0 fully saturated rings. The number of benzene rings is 4. The van der Waals surface area contributed by atoms with Crippen LogP contribution in [0.25, 0.3) is 6.08 Å². The van der Waals surface area contributed by atoms with Crippen LogP contribution in [0, 0.1) is 13.8 Å². The molecule has 0 saturated carbocycles. The minimum atomic E-state index is -0.731. The lowest BCUT2D eigenvalue weighted by molar-refractivity contribution is -0.113. The number of nitrogens with one attached hydrogen (secondary N) is 1. The SMILES string of the molecule is CCN(CC)c1ccc(/C=c2\sc3n(c2=O)[C@H](c2ccc(OC)cc2)C(C(=O)Nc2ccc(C)cc2C)=C(C)N=3)c(OCc2ccc(Cl)c(Cl)c2)c1. The first-order valence-electron chi connectivity index (χ1n) is 17.0. The molecule has 1 aromatic heterocycles. The molecular weight excluding hydrogens is 715 g/mol. The van der Waals surface area contributed by atoms with E-state index in [4.69, 9.17) is 37.7 Å². The maximum atomic E-state index is 14.5. The Bertz CT molecular complexity index is 2360. The van der Waals surface area contributed by atoms with Gasteiger partial charge < -0.3 is 19.7 Å². The van der Waals surface area contributed by atoms with Gasteiger partial charge in [0.2, 0.25) is 0 Å². The van der Waals surface area contributed by atoms with Crippen LogP contribution in [0.15, 0.2) is 99.9 Å². The lowest BCUT2D eigenvalue weighted by Gasteiger charge is -2.25. The van der Waals surface area contributed by atoms with Crippen molar-refractivity contribution in [3.8, 4) is 11.5 Å². The molecule has 6 rings (SSSR count). The number of anilines is 2. The normalized spacial score (nSPS) is 14.2. The summed E-state index contributed by atoms with van der Waals surface area (Å²) in [6.45, 7) is 11.9. The number of aromatic nitrogens is 1. The number of methoxy groups -OCH3 is 1. The number of rotatable bonds is 11.